The summed E-state index contributed by atoms with van der Waals surface area (Å²) in [5.41, 5.74) is 0. The molecule has 0 bridgehead atoms. The lowest BCUT2D eigenvalue weighted by atomic mass is 10.0. The maximum atomic E-state index is 12.5. The molecule has 6 heteroatoms. The molecule has 2 unspecified atom stereocenters. The molecule has 0 saturated carbocycles. The Labute approximate surface area is 429 Å². The summed E-state index contributed by atoms with van der Waals surface area (Å²) < 4.78 is 5.40. The first-order valence-electron chi connectivity index (χ1n) is 30.4. The number of esters is 1. The van der Waals surface area contributed by atoms with Crippen molar-refractivity contribution in [2.75, 3.05) is 13.2 Å². The number of amides is 1. The largest absolute Gasteiger partial charge is 0.465 e. The van der Waals surface area contributed by atoms with Gasteiger partial charge in [0, 0.05) is 12.8 Å². The van der Waals surface area contributed by atoms with E-state index < -0.39 is 12.1 Å². The zero-order valence-electron chi connectivity index (χ0n) is 46.0. The van der Waals surface area contributed by atoms with Crippen LogP contribution in [0.2, 0.25) is 0 Å². The first kappa shape index (κ1) is 66.8. The van der Waals surface area contributed by atoms with E-state index in [1.165, 1.54) is 218 Å². The number of hydrogen-bond acceptors (Lipinski definition) is 5. The van der Waals surface area contributed by atoms with Gasteiger partial charge < -0.3 is 20.3 Å². The van der Waals surface area contributed by atoms with E-state index in [4.69, 9.17) is 4.74 Å². The predicted molar refractivity (Wildman–Crippen MR) is 301 cm³/mol. The van der Waals surface area contributed by atoms with Crippen molar-refractivity contribution >= 4 is 11.9 Å². The standard InChI is InChI=1S/C63H117NO5/c1-3-5-7-9-11-13-15-17-18-19-25-28-32-35-39-43-47-51-55-61(66)60(59-65)64-62(67)56-52-48-44-40-36-33-29-26-23-21-20-22-24-27-30-34-38-42-46-50-54-58-69-63(68)57-53-49-45-41-37-31-16-14-12-10-8-6-4-2/h8,10,14,16,34,38,46,50,60-61,65-66H,3-7,9,11-13,15,17-33,35-37,39-45,47-49,51-59H2,1-2H3,(H,64,67)/b10-8-,16-14-,38-34-,50-46-. The summed E-state index contributed by atoms with van der Waals surface area (Å²) in [7, 11) is 0. The lowest BCUT2D eigenvalue weighted by molar-refractivity contribution is -0.143. The molecule has 404 valence electrons. The molecule has 0 saturated heterocycles. The first-order chi connectivity index (χ1) is 34.0. The number of rotatable bonds is 56. The second-order valence-corrected chi connectivity index (χ2v) is 20.7. The van der Waals surface area contributed by atoms with Gasteiger partial charge in [-0.05, 0) is 70.6 Å². The van der Waals surface area contributed by atoms with Crippen LogP contribution < -0.4 is 5.32 Å². The van der Waals surface area contributed by atoms with Gasteiger partial charge in [-0.25, -0.2) is 0 Å². The van der Waals surface area contributed by atoms with Crippen molar-refractivity contribution in [3.63, 3.8) is 0 Å². The second kappa shape index (κ2) is 58.4. The zero-order chi connectivity index (χ0) is 50.0. The minimum Gasteiger partial charge on any atom is -0.465 e. The molecule has 0 aromatic carbocycles. The number of aliphatic hydroxyl groups excluding tert-OH is 2. The Balaban J connectivity index is 3.47. The van der Waals surface area contributed by atoms with Gasteiger partial charge in [0.2, 0.25) is 5.91 Å². The van der Waals surface area contributed by atoms with E-state index in [0.29, 0.717) is 25.9 Å². The third-order valence-electron chi connectivity index (χ3n) is 13.9. The van der Waals surface area contributed by atoms with Crippen LogP contribution in [-0.4, -0.2) is 47.4 Å². The van der Waals surface area contributed by atoms with Gasteiger partial charge >= 0.3 is 5.97 Å². The molecule has 0 aliphatic carbocycles. The van der Waals surface area contributed by atoms with Crippen molar-refractivity contribution < 1.29 is 24.5 Å². The van der Waals surface area contributed by atoms with Crippen molar-refractivity contribution in [3.05, 3.63) is 48.6 Å². The molecular formula is C63H117NO5. The normalized spacial score (nSPS) is 12.9. The topological polar surface area (TPSA) is 95.9 Å². The van der Waals surface area contributed by atoms with Crippen molar-refractivity contribution in [1.82, 2.24) is 5.32 Å². The Hall–Kier alpha value is -2.18. The molecule has 0 aliphatic rings. The Morgan fingerprint density at radius 2 is 0.754 bits per heavy atom. The molecule has 0 aromatic heterocycles. The number of carbonyl (C=O) groups excluding carboxylic acids is 2. The second-order valence-electron chi connectivity index (χ2n) is 20.7. The van der Waals surface area contributed by atoms with Gasteiger partial charge in [0.15, 0.2) is 0 Å². The lowest BCUT2D eigenvalue weighted by Gasteiger charge is -2.22. The van der Waals surface area contributed by atoms with Crippen molar-refractivity contribution in [3.8, 4) is 0 Å². The number of ether oxygens (including phenoxy) is 1. The molecule has 1 amide bonds. The quantitative estimate of drug-likeness (QED) is 0.0321. The molecule has 2 atom stereocenters. The summed E-state index contributed by atoms with van der Waals surface area (Å²) in [5.74, 6) is -0.0891. The highest BCUT2D eigenvalue weighted by atomic mass is 16.5. The van der Waals surface area contributed by atoms with Gasteiger partial charge in [0.05, 0.1) is 25.4 Å². The van der Waals surface area contributed by atoms with Gasteiger partial charge in [-0.2, -0.15) is 0 Å². The Morgan fingerprint density at radius 3 is 1.16 bits per heavy atom. The average Bonchev–Trinajstić information content (AvgIpc) is 3.35. The number of unbranched alkanes of at least 4 members (excludes halogenated alkanes) is 37. The lowest BCUT2D eigenvalue weighted by Crippen LogP contribution is -2.45. The summed E-state index contributed by atoms with van der Waals surface area (Å²) in [6.45, 7) is 4.78. The highest BCUT2D eigenvalue weighted by Crippen LogP contribution is 2.17. The van der Waals surface area contributed by atoms with Crippen LogP contribution in [0.5, 0.6) is 0 Å². The van der Waals surface area contributed by atoms with Crippen LogP contribution in [-0.2, 0) is 14.3 Å². The monoisotopic (exact) mass is 968 g/mol. The Kier molecular flexibility index (Phi) is 56.5. The Morgan fingerprint density at radius 1 is 0.406 bits per heavy atom. The Bertz CT molecular complexity index is 1160. The van der Waals surface area contributed by atoms with Crippen molar-refractivity contribution in [2.24, 2.45) is 0 Å². The van der Waals surface area contributed by atoms with E-state index >= 15 is 0 Å². The van der Waals surface area contributed by atoms with Crippen molar-refractivity contribution in [2.45, 2.75) is 328 Å². The third-order valence-corrected chi connectivity index (χ3v) is 13.9. The van der Waals surface area contributed by atoms with Crippen LogP contribution in [0.25, 0.3) is 0 Å². The molecule has 0 radical (unpaired) electrons. The number of carbonyl (C=O) groups is 2. The van der Waals surface area contributed by atoms with Crippen molar-refractivity contribution in [1.29, 1.82) is 0 Å². The summed E-state index contributed by atoms with van der Waals surface area (Å²) in [4.78, 5) is 24.5. The molecule has 0 spiro atoms. The number of aliphatic hydroxyl groups is 2. The smallest absolute Gasteiger partial charge is 0.305 e. The molecule has 0 aromatic rings. The van der Waals surface area contributed by atoms with Crippen LogP contribution in [0, 0.1) is 0 Å². The van der Waals surface area contributed by atoms with E-state index in [1.807, 2.05) is 0 Å². The van der Waals surface area contributed by atoms with E-state index in [1.54, 1.807) is 0 Å². The SMILES string of the molecule is CCC/C=C\C/C=C\CCCCCCCC(=O)OCC/C=C\C/C=C\CCCCCCCCCCCCCCCCC(=O)NC(CO)C(O)CCCCCCCCCCCCCCCCCCCC. The molecule has 69 heavy (non-hydrogen) atoms. The van der Waals surface area contributed by atoms with Gasteiger partial charge in [0.1, 0.15) is 0 Å². The zero-order valence-corrected chi connectivity index (χ0v) is 46.0. The molecule has 6 nitrogen and oxygen atoms in total. The summed E-state index contributed by atoms with van der Waals surface area (Å²) in [5, 5.41) is 23.3. The minimum atomic E-state index is -0.669. The van der Waals surface area contributed by atoms with Gasteiger partial charge in [0.25, 0.3) is 0 Å². The van der Waals surface area contributed by atoms with Gasteiger partial charge in [-0.1, -0.05) is 281 Å². The molecule has 0 aliphatic heterocycles. The fourth-order valence-electron chi connectivity index (χ4n) is 9.22. The van der Waals surface area contributed by atoms with Crippen LogP contribution in [0.1, 0.15) is 316 Å². The summed E-state index contributed by atoms with van der Waals surface area (Å²) in [6.07, 6.45) is 74.1. The summed E-state index contributed by atoms with van der Waals surface area (Å²) in [6, 6.07) is -0.547. The van der Waals surface area contributed by atoms with E-state index in [9.17, 15) is 19.8 Å². The van der Waals surface area contributed by atoms with Crippen LogP contribution >= 0.6 is 0 Å². The predicted octanol–water partition coefficient (Wildman–Crippen LogP) is 19.0. The molecule has 3 N–H and O–H groups in total. The van der Waals surface area contributed by atoms with E-state index in [-0.39, 0.29) is 18.5 Å². The maximum absolute atomic E-state index is 12.5. The number of allylic oxidation sites excluding steroid dienone is 7. The van der Waals surface area contributed by atoms with E-state index in [2.05, 4.69) is 67.8 Å². The van der Waals surface area contributed by atoms with Gasteiger partial charge in [-0.3, -0.25) is 9.59 Å². The highest BCUT2D eigenvalue weighted by molar-refractivity contribution is 5.76. The molecule has 0 rings (SSSR count). The summed E-state index contributed by atoms with van der Waals surface area (Å²) >= 11 is 0. The minimum absolute atomic E-state index is 0.0384. The molecule has 0 heterocycles. The first-order valence-corrected chi connectivity index (χ1v) is 30.4. The molecule has 0 fully saturated rings. The highest BCUT2D eigenvalue weighted by Gasteiger charge is 2.20. The van der Waals surface area contributed by atoms with Crippen LogP contribution in [0.15, 0.2) is 48.6 Å². The van der Waals surface area contributed by atoms with E-state index in [0.717, 1.165) is 64.2 Å². The van der Waals surface area contributed by atoms with Crippen LogP contribution in [0.4, 0.5) is 0 Å². The number of nitrogens with one attached hydrogen (secondary N) is 1. The van der Waals surface area contributed by atoms with Gasteiger partial charge in [-0.15, -0.1) is 0 Å². The fourth-order valence-corrected chi connectivity index (χ4v) is 9.22. The fraction of sp³-hybridized carbons (Fsp3) is 0.841. The average molecular weight is 969 g/mol. The third kappa shape index (κ3) is 55.0. The van der Waals surface area contributed by atoms with Crippen LogP contribution in [0.3, 0.4) is 0 Å². The number of hydrogen-bond donors (Lipinski definition) is 3. The molecular weight excluding hydrogens is 851 g/mol. The maximum Gasteiger partial charge on any atom is 0.305 e.